The Balaban J connectivity index is 2.48. The quantitative estimate of drug-likeness (QED) is 0.575. The molecule has 0 heterocycles. The number of methoxy groups -OCH3 is 1. The zero-order chi connectivity index (χ0) is 6.69. The first-order valence-corrected chi connectivity index (χ1v) is 2.93. The third kappa shape index (κ3) is 1.57. The highest BCUT2D eigenvalue weighted by atomic mass is 16.5. The summed E-state index contributed by atoms with van der Waals surface area (Å²) in [4.78, 5) is 0. The Hall–Kier alpha value is -0.760. The van der Waals surface area contributed by atoms with Crippen LogP contribution in [0.5, 0.6) is 0 Å². The van der Waals surface area contributed by atoms with Gasteiger partial charge in [0.2, 0.25) is 0 Å². The summed E-state index contributed by atoms with van der Waals surface area (Å²) in [5, 5.41) is 8.84. The van der Waals surface area contributed by atoms with Crippen LogP contribution in [0.1, 0.15) is 6.42 Å². The number of hydrogen-bond acceptors (Lipinski definition) is 2. The first-order chi connectivity index (χ1) is 4.33. The molecule has 0 spiro atoms. The molecule has 1 N–H and O–H groups in total. The Bertz CT molecular complexity index is 147. The Morgan fingerprint density at radius 3 is 3.00 bits per heavy atom. The van der Waals surface area contributed by atoms with Crippen molar-refractivity contribution in [1.29, 1.82) is 0 Å². The van der Waals surface area contributed by atoms with E-state index in [1.54, 1.807) is 19.3 Å². The summed E-state index contributed by atoms with van der Waals surface area (Å²) < 4.78 is 5.00. The molecule has 1 unspecified atom stereocenters. The van der Waals surface area contributed by atoms with E-state index in [4.69, 9.17) is 9.84 Å². The number of aliphatic hydroxyl groups is 1. The highest BCUT2D eigenvalue weighted by Gasteiger charge is 2.04. The fourth-order valence-corrected chi connectivity index (χ4v) is 0.764. The zero-order valence-corrected chi connectivity index (χ0v) is 5.37. The maximum atomic E-state index is 8.84. The molecule has 2 heteroatoms. The van der Waals surface area contributed by atoms with E-state index in [1.807, 2.05) is 6.08 Å². The second kappa shape index (κ2) is 2.69. The lowest BCUT2D eigenvalue weighted by molar-refractivity contribution is 0.140. The molecular weight excluding hydrogens is 116 g/mol. The number of hydrogen-bond donors (Lipinski definition) is 1. The molecule has 1 aliphatic carbocycles. The summed E-state index contributed by atoms with van der Waals surface area (Å²) in [5.74, 6) is 0.336. The van der Waals surface area contributed by atoms with Gasteiger partial charge in [0.1, 0.15) is 5.76 Å². The summed E-state index contributed by atoms with van der Waals surface area (Å²) in [6.07, 6.45) is 6.17. The average Bonchev–Trinajstić information content (AvgIpc) is 1.90. The second-order valence-corrected chi connectivity index (χ2v) is 2.00. The number of aliphatic hydroxyl groups excluding tert-OH is 1. The van der Waals surface area contributed by atoms with Crippen molar-refractivity contribution in [2.24, 2.45) is 0 Å². The van der Waals surface area contributed by atoms with Gasteiger partial charge in [-0.15, -0.1) is 0 Å². The molecule has 0 saturated carbocycles. The van der Waals surface area contributed by atoms with E-state index >= 15 is 0 Å². The van der Waals surface area contributed by atoms with E-state index in [0.717, 1.165) is 6.42 Å². The van der Waals surface area contributed by atoms with Crippen molar-refractivity contribution >= 4 is 0 Å². The largest absolute Gasteiger partial charge is 0.508 e. The molecule has 1 aliphatic rings. The van der Waals surface area contributed by atoms with Gasteiger partial charge in [0.25, 0.3) is 0 Å². The van der Waals surface area contributed by atoms with Crippen molar-refractivity contribution < 1.29 is 9.84 Å². The third-order valence-electron chi connectivity index (χ3n) is 1.34. The summed E-state index contributed by atoms with van der Waals surface area (Å²) in [6.45, 7) is 0. The molecule has 0 fully saturated rings. The molecule has 1 rings (SSSR count). The third-order valence-corrected chi connectivity index (χ3v) is 1.34. The molecule has 1 atom stereocenters. The molecule has 50 valence electrons. The summed E-state index contributed by atoms with van der Waals surface area (Å²) in [6, 6.07) is 0. The average molecular weight is 126 g/mol. The molecular formula is C7H10O2. The number of allylic oxidation sites excluding steroid dienone is 1. The van der Waals surface area contributed by atoms with Crippen LogP contribution in [0.15, 0.2) is 24.0 Å². The Labute approximate surface area is 54.5 Å². The lowest BCUT2D eigenvalue weighted by atomic mass is 10.1. The molecule has 0 saturated heterocycles. The SMILES string of the molecule is COC1C=CC(O)=CC1. The molecule has 9 heavy (non-hydrogen) atoms. The van der Waals surface area contributed by atoms with Gasteiger partial charge in [-0.3, -0.25) is 0 Å². The molecule has 0 bridgehead atoms. The van der Waals surface area contributed by atoms with Crippen molar-refractivity contribution in [3.05, 3.63) is 24.0 Å². The van der Waals surface area contributed by atoms with Gasteiger partial charge < -0.3 is 9.84 Å². The molecule has 0 radical (unpaired) electrons. The monoisotopic (exact) mass is 126 g/mol. The predicted molar refractivity (Wildman–Crippen MR) is 35.3 cm³/mol. The van der Waals surface area contributed by atoms with Crippen LogP contribution in [-0.2, 0) is 4.74 Å². The minimum absolute atomic E-state index is 0.154. The van der Waals surface area contributed by atoms with E-state index in [-0.39, 0.29) is 6.10 Å². The standard InChI is InChI=1S/C7H10O2/c1-9-7-4-2-6(8)3-5-7/h2-4,7-8H,5H2,1H3. The second-order valence-electron chi connectivity index (χ2n) is 2.00. The summed E-state index contributed by atoms with van der Waals surface area (Å²) in [5.41, 5.74) is 0. The topological polar surface area (TPSA) is 29.5 Å². The lowest BCUT2D eigenvalue weighted by Gasteiger charge is -2.10. The molecule has 0 aromatic carbocycles. The summed E-state index contributed by atoms with van der Waals surface area (Å²) >= 11 is 0. The molecule has 0 aliphatic heterocycles. The van der Waals surface area contributed by atoms with Gasteiger partial charge in [0.15, 0.2) is 0 Å². The van der Waals surface area contributed by atoms with Crippen molar-refractivity contribution in [3.63, 3.8) is 0 Å². The van der Waals surface area contributed by atoms with Crippen LogP contribution < -0.4 is 0 Å². The van der Waals surface area contributed by atoms with Gasteiger partial charge in [-0.25, -0.2) is 0 Å². The molecule has 0 aromatic rings. The molecule has 0 aromatic heterocycles. The van der Waals surface area contributed by atoms with Gasteiger partial charge in [-0.05, 0) is 18.6 Å². The minimum atomic E-state index is 0.154. The van der Waals surface area contributed by atoms with Crippen LogP contribution in [0, 0.1) is 0 Å². The maximum absolute atomic E-state index is 8.84. The fourth-order valence-electron chi connectivity index (χ4n) is 0.764. The van der Waals surface area contributed by atoms with Crippen molar-refractivity contribution in [2.75, 3.05) is 7.11 Å². The fraction of sp³-hybridized carbons (Fsp3) is 0.429. The van der Waals surface area contributed by atoms with E-state index in [0.29, 0.717) is 5.76 Å². The maximum Gasteiger partial charge on any atom is 0.111 e. The van der Waals surface area contributed by atoms with Gasteiger partial charge in [0.05, 0.1) is 6.10 Å². The van der Waals surface area contributed by atoms with Crippen molar-refractivity contribution in [1.82, 2.24) is 0 Å². The Kier molecular flexibility index (Phi) is 1.90. The Morgan fingerprint density at radius 1 is 1.78 bits per heavy atom. The van der Waals surface area contributed by atoms with Crippen LogP contribution in [-0.4, -0.2) is 18.3 Å². The Morgan fingerprint density at radius 2 is 2.56 bits per heavy atom. The highest BCUT2D eigenvalue weighted by molar-refractivity contribution is 5.17. The number of ether oxygens (including phenoxy) is 1. The molecule has 0 amide bonds. The van der Waals surface area contributed by atoms with Crippen LogP contribution in [0.3, 0.4) is 0 Å². The zero-order valence-electron chi connectivity index (χ0n) is 5.37. The summed E-state index contributed by atoms with van der Waals surface area (Å²) in [7, 11) is 1.66. The van der Waals surface area contributed by atoms with E-state index in [1.165, 1.54) is 0 Å². The van der Waals surface area contributed by atoms with Gasteiger partial charge in [-0.2, -0.15) is 0 Å². The predicted octanol–water partition coefficient (Wildman–Crippen LogP) is 1.40. The first kappa shape index (κ1) is 6.36. The number of rotatable bonds is 1. The van der Waals surface area contributed by atoms with Crippen LogP contribution >= 0.6 is 0 Å². The van der Waals surface area contributed by atoms with Crippen LogP contribution in [0.25, 0.3) is 0 Å². The highest BCUT2D eigenvalue weighted by Crippen LogP contribution is 2.09. The van der Waals surface area contributed by atoms with Crippen LogP contribution in [0.2, 0.25) is 0 Å². The van der Waals surface area contributed by atoms with Gasteiger partial charge in [0, 0.05) is 7.11 Å². The lowest BCUT2D eigenvalue weighted by Crippen LogP contribution is -2.07. The van der Waals surface area contributed by atoms with Gasteiger partial charge in [-0.1, -0.05) is 6.08 Å². The molecule has 2 nitrogen and oxygen atoms in total. The van der Waals surface area contributed by atoms with Crippen LogP contribution in [0.4, 0.5) is 0 Å². The minimum Gasteiger partial charge on any atom is -0.508 e. The van der Waals surface area contributed by atoms with Crippen molar-refractivity contribution in [2.45, 2.75) is 12.5 Å². The smallest absolute Gasteiger partial charge is 0.111 e. The van der Waals surface area contributed by atoms with E-state index in [9.17, 15) is 0 Å². The van der Waals surface area contributed by atoms with E-state index in [2.05, 4.69) is 0 Å². The van der Waals surface area contributed by atoms with Gasteiger partial charge >= 0.3 is 0 Å². The normalized spacial score (nSPS) is 25.9. The van der Waals surface area contributed by atoms with Crippen molar-refractivity contribution in [3.8, 4) is 0 Å². The van der Waals surface area contributed by atoms with E-state index < -0.39 is 0 Å². The first-order valence-electron chi connectivity index (χ1n) is 2.93.